The number of hydrogen-bond donors (Lipinski definition) is 2. The highest BCUT2D eigenvalue weighted by molar-refractivity contribution is 5.40. The monoisotopic (exact) mass is 289 g/mol. The second-order valence-corrected chi connectivity index (χ2v) is 4.44. The fourth-order valence-corrected chi connectivity index (χ4v) is 1.85. The summed E-state index contributed by atoms with van der Waals surface area (Å²) in [7, 11) is 1.57. The highest BCUT2D eigenvalue weighted by atomic mass is 16.5. The molecular formula is C14H19N5O2. The Bertz CT molecular complexity index is 618. The third-order valence-electron chi connectivity index (χ3n) is 2.79. The molecule has 2 aromatic heterocycles. The number of nitrogens with zero attached hydrogens (tertiary/aromatic N) is 3. The predicted octanol–water partition coefficient (Wildman–Crippen LogP) is 1.97. The summed E-state index contributed by atoms with van der Waals surface area (Å²) in [5.41, 5.74) is 4.32. The van der Waals surface area contributed by atoms with Crippen LogP contribution in [0.3, 0.4) is 0 Å². The predicted molar refractivity (Wildman–Crippen MR) is 79.0 cm³/mol. The molecule has 0 bridgehead atoms. The quantitative estimate of drug-likeness (QED) is 0.620. The topological polar surface area (TPSA) is 95.2 Å². The summed E-state index contributed by atoms with van der Waals surface area (Å²) in [5.74, 6) is 7.42. The summed E-state index contributed by atoms with van der Waals surface area (Å²) in [5, 5.41) is 0. The number of anilines is 1. The van der Waals surface area contributed by atoms with E-state index in [0.717, 1.165) is 17.8 Å². The molecule has 0 aromatic carbocycles. The Hall–Kier alpha value is -2.25. The minimum atomic E-state index is 0.276. The summed E-state index contributed by atoms with van der Waals surface area (Å²) in [6.07, 6.45) is 0.773. The number of nitrogen functional groups attached to an aromatic ring is 1. The number of aromatic nitrogens is 3. The maximum Gasteiger partial charge on any atom is 0.224 e. The van der Waals surface area contributed by atoms with Crippen molar-refractivity contribution >= 4 is 5.82 Å². The molecule has 3 N–H and O–H groups in total. The summed E-state index contributed by atoms with van der Waals surface area (Å²) in [6, 6.07) is 5.40. The van der Waals surface area contributed by atoms with Crippen LogP contribution in [0.15, 0.2) is 18.2 Å². The number of hydrogen-bond acceptors (Lipinski definition) is 7. The Kier molecular flexibility index (Phi) is 5.02. The fraction of sp³-hybridized carbons (Fsp3) is 0.357. The van der Waals surface area contributed by atoms with Crippen LogP contribution in [-0.2, 0) is 17.8 Å². The lowest BCUT2D eigenvalue weighted by atomic mass is 10.2. The lowest BCUT2D eigenvalue weighted by molar-refractivity contribution is 0.177. The summed E-state index contributed by atoms with van der Waals surface area (Å²) >= 11 is 0. The largest absolute Gasteiger partial charge is 0.437 e. The van der Waals surface area contributed by atoms with Crippen LogP contribution in [0.25, 0.3) is 0 Å². The van der Waals surface area contributed by atoms with E-state index >= 15 is 0 Å². The molecule has 7 heteroatoms. The van der Waals surface area contributed by atoms with Crippen LogP contribution in [0.2, 0.25) is 0 Å². The van der Waals surface area contributed by atoms with Crippen LogP contribution in [-0.4, -0.2) is 22.1 Å². The molecule has 2 heterocycles. The number of ether oxygens (including phenoxy) is 2. The first-order valence-electron chi connectivity index (χ1n) is 6.64. The van der Waals surface area contributed by atoms with Gasteiger partial charge >= 0.3 is 0 Å². The van der Waals surface area contributed by atoms with Crippen LogP contribution in [0.4, 0.5) is 5.82 Å². The van der Waals surface area contributed by atoms with E-state index in [9.17, 15) is 0 Å². The van der Waals surface area contributed by atoms with Gasteiger partial charge in [-0.3, -0.25) is 4.98 Å². The van der Waals surface area contributed by atoms with Crippen molar-refractivity contribution in [1.29, 1.82) is 0 Å². The smallest absolute Gasteiger partial charge is 0.224 e. The van der Waals surface area contributed by atoms with Crippen molar-refractivity contribution < 1.29 is 9.47 Å². The zero-order chi connectivity index (χ0) is 15.2. The molecular weight excluding hydrogens is 270 g/mol. The number of nitrogens with one attached hydrogen (secondary N) is 1. The molecule has 0 atom stereocenters. The van der Waals surface area contributed by atoms with Crippen molar-refractivity contribution in [2.45, 2.75) is 26.9 Å². The fourth-order valence-electron chi connectivity index (χ4n) is 1.85. The molecule has 0 amide bonds. The Balaban J connectivity index is 2.32. The van der Waals surface area contributed by atoms with Gasteiger partial charge in [0.25, 0.3) is 0 Å². The molecule has 2 aromatic rings. The van der Waals surface area contributed by atoms with Gasteiger partial charge in [-0.1, -0.05) is 6.92 Å². The van der Waals surface area contributed by atoms with Gasteiger partial charge in [-0.05, 0) is 25.5 Å². The van der Waals surface area contributed by atoms with E-state index in [1.807, 2.05) is 26.0 Å². The highest BCUT2D eigenvalue weighted by Crippen LogP contribution is 2.25. The van der Waals surface area contributed by atoms with E-state index in [1.54, 1.807) is 13.2 Å². The molecule has 0 aliphatic heterocycles. The number of aryl methyl sites for hydroxylation is 2. The molecule has 0 radical (unpaired) electrons. The maximum atomic E-state index is 5.82. The zero-order valence-corrected chi connectivity index (χ0v) is 12.4. The summed E-state index contributed by atoms with van der Waals surface area (Å²) in [6.45, 7) is 4.25. The van der Waals surface area contributed by atoms with Crippen LogP contribution in [0.5, 0.6) is 11.6 Å². The van der Waals surface area contributed by atoms with Gasteiger partial charge in [-0.2, -0.15) is 4.98 Å². The standard InChI is InChI=1S/C14H19N5O2/c1-4-10-11(6-5-9(2)16-10)21-14-7-12(19-15)17-13(18-14)8-20-3/h5-7H,4,8,15H2,1-3H3,(H,17,18,19). The number of hydrazine groups is 1. The molecule has 2 rings (SSSR count). The van der Waals surface area contributed by atoms with Crippen LogP contribution in [0.1, 0.15) is 24.1 Å². The van der Waals surface area contributed by atoms with Gasteiger partial charge in [0.15, 0.2) is 11.6 Å². The first-order chi connectivity index (χ1) is 10.2. The first-order valence-corrected chi connectivity index (χ1v) is 6.64. The van der Waals surface area contributed by atoms with E-state index in [1.165, 1.54) is 0 Å². The number of nitrogens with two attached hydrogens (primary N) is 1. The van der Waals surface area contributed by atoms with Crippen LogP contribution < -0.4 is 16.0 Å². The Morgan fingerprint density at radius 2 is 2.05 bits per heavy atom. The molecule has 0 unspecified atom stereocenters. The molecule has 7 nitrogen and oxygen atoms in total. The zero-order valence-electron chi connectivity index (χ0n) is 12.4. The minimum absolute atomic E-state index is 0.276. The summed E-state index contributed by atoms with van der Waals surface area (Å²) in [4.78, 5) is 12.9. The second-order valence-electron chi connectivity index (χ2n) is 4.44. The number of methoxy groups -OCH3 is 1. The van der Waals surface area contributed by atoms with Gasteiger partial charge < -0.3 is 14.9 Å². The maximum absolute atomic E-state index is 5.82. The normalized spacial score (nSPS) is 10.5. The average Bonchev–Trinajstić information content (AvgIpc) is 2.49. The minimum Gasteiger partial charge on any atom is -0.437 e. The Morgan fingerprint density at radius 3 is 2.71 bits per heavy atom. The van der Waals surface area contributed by atoms with Crippen molar-refractivity contribution in [2.75, 3.05) is 12.5 Å². The van der Waals surface area contributed by atoms with E-state index in [0.29, 0.717) is 23.3 Å². The van der Waals surface area contributed by atoms with E-state index in [4.69, 9.17) is 15.3 Å². The SMILES string of the molecule is CCc1nc(C)ccc1Oc1cc(NN)nc(COC)n1. The van der Waals surface area contributed by atoms with Crippen LogP contribution in [0, 0.1) is 6.92 Å². The molecule has 0 fully saturated rings. The van der Waals surface area contributed by atoms with Gasteiger partial charge in [0, 0.05) is 18.9 Å². The van der Waals surface area contributed by atoms with E-state index in [-0.39, 0.29) is 6.61 Å². The van der Waals surface area contributed by atoms with Gasteiger partial charge in [0.2, 0.25) is 5.88 Å². The van der Waals surface area contributed by atoms with Gasteiger partial charge in [-0.25, -0.2) is 10.8 Å². The Morgan fingerprint density at radius 1 is 1.24 bits per heavy atom. The van der Waals surface area contributed by atoms with Gasteiger partial charge in [0.1, 0.15) is 12.4 Å². The number of rotatable bonds is 6. The Labute approximate surface area is 123 Å². The molecule has 21 heavy (non-hydrogen) atoms. The highest BCUT2D eigenvalue weighted by Gasteiger charge is 2.09. The summed E-state index contributed by atoms with van der Waals surface area (Å²) < 4.78 is 10.9. The lowest BCUT2D eigenvalue weighted by Crippen LogP contribution is -2.11. The third-order valence-corrected chi connectivity index (χ3v) is 2.79. The molecule has 0 aliphatic rings. The lowest BCUT2D eigenvalue weighted by Gasteiger charge is -2.11. The van der Waals surface area contributed by atoms with Crippen molar-refractivity contribution in [1.82, 2.24) is 15.0 Å². The molecule has 0 aliphatic carbocycles. The molecule has 0 saturated heterocycles. The van der Waals surface area contributed by atoms with Crippen molar-refractivity contribution in [3.63, 3.8) is 0 Å². The first kappa shape index (κ1) is 15.1. The van der Waals surface area contributed by atoms with E-state index in [2.05, 4.69) is 20.4 Å². The molecule has 0 spiro atoms. The van der Waals surface area contributed by atoms with E-state index < -0.39 is 0 Å². The van der Waals surface area contributed by atoms with Crippen molar-refractivity contribution in [3.05, 3.63) is 35.4 Å². The third kappa shape index (κ3) is 3.87. The molecule has 0 saturated carbocycles. The van der Waals surface area contributed by atoms with Crippen molar-refractivity contribution in [2.24, 2.45) is 5.84 Å². The molecule has 112 valence electrons. The number of pyridine rings is 1. The van der Waals surface area contributed by atoms with Crippen LogP contribution >= 0.6 is 0 Å². The van der Waals surface area contributed by atoms with Gasteiger partial charge in [-0.15, -0.1) is 0 Å². The average molecular weight is 289 g/mol. The van der Waals surface area contributed by atoms with Gasteiger partial charge in [0.05, 0.1) is 5.69 Å². The second kappa shape index (κ2) is 6.96. The van der Waals surface area contributed by atoms with Crippen molar-refractivity contribution in [3.8, 4) is 11.6 Å².